The number of halogens is 1. The van der Waals surface area contributed by atoms with Crippen molar-refractivity contribution in [2.24, 2.45) is 0 Å². The van der Waals surface area contributed by atoms with E-state index in [1.165, 1.54) is 12.1 Å². The Bertz CT molecular complexity index is 738. The number of likely N-dealkylation sites (N-methyl/N-ethyl adjacent to an activating group) is 1. The van der Waals surface area contributed by atoms with Crippen molar-refractivity contribution in [1.29, 1.82) is 0 Å². The van der Waals surface area contributed by atoms with Crippen LogP contribution in [0, 0.1) is 5.82 Å². The van der Waals surface area contributed by atoms with E-state index in [-0.39, 0.29) is 11.7 Å². The zero-order valence-electron chi connectivity index (χ0n) is 15.4. The van der Waals surface area contributed by atoms with Crippen LogP contribution in [-0.4, -0.2) is 78.6 Å². The maximum atomic E-state index is 13.1. The van der Waals surface area contributed by atoms with Gasteiger partial charge >= 0.3 is 0 Å². The second kappa shape index (κ2) is 9.27. The van der Waals surface area contributed by atoms with Gasteiger partial charge in [0.2, 0.25) is 5.91 Å². The molecule has 1 amide bonds. The summed E-state index contributed by atoms with van der Waals surface area (Å²) in [5.74, 6) is 1.12. The van der Waals surface area contributed by atoms with E-state index in [2.05, 4.69) is 14.9 Å². The first-order chi connectivity index (χ1) is 13.1. The first-order valence-electron chi connectivity index (χ1n) is 8.97. The lowest BCUT2D eigenvalue weighted by molar-refractivity contribution is -0.132. The molecule has 0 unspecified atom stereocenters. The molecule has 0 spiro atoms. The number of carbonyl (C=O) groups excluding carboxylic acids is 1. The Kier molecular flexibility index (Phi) is 6.54. The molecule has 0 bridgehead atoms. The van der Waals surface area contributed by atoms with E-state index in [0.717, 1.165) is 18.9 Å². The van der Waals surface area contributed by atoms with E-state index < -0.39 is 0 Å². The molecule has 2 aromatic rings. The summed E-state index contributed by atoms with van der Waals surface area (Å²) in [5.41, 5.74) is 0. The number of anilines is 1. The normalized spacial score (nSPS) is 14.5. The minimum Gasteiger partial charge on any atom is -0.492 e. The van der Waals surface area contributed by atoms with E-state index in [0.29, 0.717) is 38.5 Å². The van der Waals surface area contributed by atoms with Gasteiger partial charge in [0.05, 0.1) is 12.7 Å². The number of amides is 1. The van der Waals surface area contributed by atoms with Gasteiger partial charge in [-0.3, -0.25) is 14.7 Å². The summed E-state index contributed by atoms with van der Waals surface area (Å²) >= 11 is 0. The zero-order chi connectivity index (χ0) is 19.1. The summed E-state index contributed by atoms with van der Waals surface area (Å²) < 4.78 is 18.6. The van der Waals surface area contributed by atoms with Crippen molar-refractivity contribution in [2.45, 2.75) is 0 Å². The molecule has 0 atom stereocenters. The molecule has 0 radical (unpaired) electrons. The Morgan fingerprint density at radius 2 is 2.07 bits per heavy atom. The fourth-order valence-corrected chi connectivity index (χ4v) is 2.93. The average Bonchev–Trinajstić information content (AvgIpc) is 2.69. The van der Waals surface area contributed by atoms with Crippen molar-refractivity contribution in [3.63, 3.8) is 0 Å². The van der Waals surface area contributed by atoms with Crippen LogP contribution in [0.4, 0.5) is 10.2 Å². The second-order valence-corrected chi connectivity index (χ2v) is 6.48. The van der Waals surface area contributed by atoms with Gasteiger partial charge < -0.3 is 14.5 Å². The highest BCUT2D eigenvalue weighted by Gasteiger charge is 2.22. The van der Waals surface area contributed by atoms with Crippen molar-refractivity contribution < 1.29 is 13.9 Å². The Morgan fingerprint density at radius 3 is 2.78 bits per heavy atom. The molecule has 0 saturated carbocycles. The van der Waals surface area contributed by atoms with Crippen LogP contribution in [0.15, 0.2) is 42.9 Å². The standard InChI is InChI=1S/C19H24FN5O2/c1-23(11-12-27-17-4-2-3-16(20)13-17)15-19(26)25-9-7-24(8-10-25)18-14-21-5-6-22-18/h2-6,13-14H,7-12,15H2,1H3. The summed E-state index contributed by atoms with van der Waals surface area (Å²) in [4.78, 5) is 26.8. The van der Waals surface area contributed by atoms with E-state index in [1.807, 2.05) is 16.8 Å². The lowest BCUT2D eigenvalue weighted by Crippen LogP contribution is -2.51. The van der Waals surface area contributed by atoms with Crippen LogP contribution in [0.25, 0.3) is 0 Å². The number of hydrogen-bond acceptors (Lipinski definition) is 6. The molecule has 144 valence electrons. The third-order valence-corrected chi connectivity index (χ3v) is 4.45. The summed E-state index contributed by atoms with van der Waals surface area (Å²) in [6.07, 6.45) is 5.06. The molecule has 1 fully saturated rings. The highest BCUT2D eigenvalue weighted by molar-refractivity contribution is 5.78. The lowest BCUT2D eigenvalue weighted by atomic mass is 10.3. The molecule has 1 aliphatic rings. The Balaban J connectivity index is 1.37. The average molecular weight is 373 g/mol. The molecule has 2 heterocycles. The topological polar surface area (TPSA) is 61.8 Å². The van der Waals surface area contributed by atoms with E-state index in [4.69, 9.17) is 4.74 Å². The second-order valence-electron chi connectivity index (χ2n) is 6.48. The van der Waals surface area contributed by atoms with Crippen LogP contribution in [0.5, 0.6) is 5.75 Å². The first-order valence-corrected chi connectivity index (χ1v) is 8.97. The number of hydrogen-bond donors (Lipinski definition) is 0. The molecule has 1 saturated heterocycles. The van der Waals surface area contributed by atoms with Crippen molar-refractivity contribution in [2.75, 3.05) is 57.8 Å². The molecule has 1 aliphatic heterocycles. The molecule has 0 N–H and O–H groups in total. The predicted octanol–water partition coefficient (Wildman–Crippen LogP) is 1.28. The maximum Gasteiger partial charge on any atom is 0.236 e. The maximum absolute atomic E-state index is 13.1. The molecule has 7 nitrogen and oxygen atoms in total. The molecule has 1 aromatic heterocycles. The highest BCUT2D eigenvalue weighted by Crippen LogP contribution is 2.13. The van der Waals surface area contributed by atoms with Gasteiger partial charge in [-0.2, -0.15) is 0 Å². The van der Waals surface area contributed by atoms with Crippen molar-refractivity contribution in [1.82, 2.24) is 19.8 Å². The molecule has 8 heteroatoms. The third-order valence-electron chi connectivity index (χ3n) is 4.45. The Labute approximate surface area is 158 Å². The summed E-state index contributed by atoms with van der Waals surface area (Å²) in [5, 5.41) is 0. The minimum absolute atomic E-state index is 0.0991. The smallest absolute Gasteiger partial charge is 0.236 e. The highest BCUT2D eigenvalue weighted by atomic mass is 19.1. The van der Waals surface area contributed by atoms with Crippen molar-refractivity contribution in [3.8, 4) is 5.75 Å². The number of carbonyl (C=O) groups is 1. The Hall–Kier alpha value is -2.74. The molecule has 3 rings (SSSR count). The van der Waals surface area contributed by atoms with Gasteiger partial charge in [0, 0.05) is 51.2 Å². The lowest BCUT2D eigenvalue weighted by Gasteiger charge is -2.35. The van der Waals surface area contributed by atoms with Crippen molar-refractivity contribution >= 4 is 11.7 Å². The van der Waals surface area contributed by atoms with E-state index in [1.54, 1.807) is 30.7 Å². The van der Waals surface area contributed by atoms with Crippen LogP contribution >= 0.6 is 0 Å². The largest absolute Gasteiger partial charge is 0.492 e. The fourth-order valence-electron chi connectivity index (χ4n) is 2.93. The number of ether oxygens (including phenoxy) is 1. The number of piperazine rings is 1. The van der Waals surface area contributed by atoms with Crippen LogP contribution in [0.3, 0.4) is 0 Å². The quantitative estimate of drug-likeness (QED) is 0.729. The zero-order valence-corrected chi connectivity index (χ0v) is 15.4. The molecule has 1 aromatic carbocycles. The van der Waals surface area contributed by atoms with Gasteiger partial charge in [-0.15, -0.1) is 0 Å². The van der Waals surface area contributed by atoms with Crippen molar-refractivity contribution in [3.05, 3.63) is 48.7 Å². The molecular formula is C19H24FN5O2. The monoisotopic (exact) mass is 373 g/mol. The number of benzene rings is 1. The van der Waals surface area contributed by atoms with Gasteiger partial charge in [0.15, 0.2) is 0 Å². The fraction of sp³-hybridized carbons (Fsp3) is 0.421. The minimum atomic E-state index is -0.323. The summed E-state index contributed by atoms with van der Waals surface area (Å²) in [6, 6.07) is 6.05. The first kappa shape index (κ1) is 19.0. The van der Waals surface area contributed by atoms with Gasteiger partial charge in [-0.1, -0.05) is 6.07 Å². The predicted molar refractivity (Wildman–Crippen MR) is 100 cm³/mol. The van der Waals surface area contributed by atoms with E-state index >= 15 is 0 Å². The summed E-state index contributed by atoms with van der Waals surface area (Å²) in [6.45, 7) is 4.15. The molecule has 0 aliphatic carbocycles. The van der Waals surface area contributed by atoms with E-state index in [9.17, 15) is 9.18 Å². The van der Waals surface area contributed by atoms with Gasteiger partial charge in [-0.25, -0.2) is 9.37 Å². The number of rotatable bonds is 7. The van der Waals surface area contributed by atoms with Crippen LogP contribution < -0.4 is 9.64 Å². The summed E-state index contributed by atoms with van der Waals surface area (Å²) in [7, 11) is 1.88. The Morgan fingerprint density at radius 1 is 1.26 bits per heavy atom. The SMILES string of the molecule is CN(CCOc1cccc(F)c1)CC(=O)N1CCN(c2cnccn2)CC1. The molecular weight excluding hydrogens is 349 g/mol. The van der Waals surface area contributed by atoms with Crippen LogP contribution in [0.1, 0.15) is 0 Å². The van der Waals surface area contributed by atoms with Crippen LogP contribution in [-0.2, 0) is 4.79 Å². The number of aromatic nitrogens is 2. The molecule has 27 heavy (non-hydrogen) atoms. The third kappa shape index (κ3) is 5.62. The van der Waals surface area contributed by atoms with Gasteiger partial charge in [0.25, 0.3) is 0 Å². The van der Waals surface area contributed by atoms with Gasteiger partial charge in [0.1, 0.15) is 24.0 Å². The number of nitrogens with zero attached hydrogens (tertiary/aromatic N) is 5. The van der Waals surface area contributed by atoms with Gasteiger partial charge in [-0.05, 0) is 19.2 Å². The van der Waals surface area contributed by atoms with Crippen LogP contribution in [0.2, 0.25) is 0 Å².